The lowest BCUT2D eigenvalue weighted by molar-refractivity contribution is -0.136. The van der Waals surface area contributed by atoms with E-state index in [1.165, 1.54) is 4.31 Å². The molecule has 0 saturated carbocycles. The third-order valence-electron chi connectivity index (χ3n) is 6.70. The third kappa shape index (κ3) is 8.17. The van der Waals surface area contributed by atoms with Gasteiger partial charge in [0.2, 0.25) is 0 Å². The largest absolute Gasteiger partial charge is 0.493 e. The minimum Gasteiger partial charge on any atom is -0.493 e. The van der Waals surface area contributed by atoms with Crippen LogP contribution >= 0.6 is 0 Å². The Morgan fingerprint density at radius 1 is 1.07 bits per heavy atom. The van der Waals surface area contributed by atoms with E-state index < -0.39 is 22.1 Å². The van der Waals surface area contributed by atoms with Gasteiger partial charge in [0, 0.05) is 31.9 Å². The Kier molecular flexibility index (Phi) is 10.3. The lowest BCUT2D eigenvalue weighted by Crippen LogP contribution is -2.35. The highest BCUT2D eigenvalue weighted by molar-refractivity contribution is 7.92. The number of aryl methyl sites for hydroxylation is 1. The van der Waals surface area contributed by atoms with E-state index in [4.69, 9.17) is 14.6 Å². The average molecular weight is 566 g/mol. The van der Waals surface area contributed by atoms with Crippen LogP contribution in [0, 0.1) is 5.92 Å². The second kappa shape index (κ2) is 14.1. The van der Waals surface area contributed by atoms with Crippen LogP contribution in [0.25, 0.3) is 6.08 Å². The Bertz CT molecular complexity index is 1390. The molecule has 2 atom stereocenters. The van der Waals surface area contributed by atoms with Gasteiger partial charge in [-0.1, -0.05) is 60.7 Å². The van der Waals surface area contributed by atoms with Gasteiger partial charge >= 0.3 is 5.97 Å². The molecule has 3 aromatic carbocycles. The Morgan fingerprint density at radius 2 is 1.85 bits per heavy atom. The molecule has 3 aromatic rings. The van der Waals surface area contributed by atoms with Gasteiger partial charge in [0.25, 0.3) is 10.0 Å². The van der Waals surface area contributed by atoms with Crippen LogP contribution in [0.1, 0.15) is 30.4 Å². The van der Waals surface area contributed by atoms with Crippen molar-refractivity contribution >= 4 is 27.8 Å². The topological polar surface area (TPSA) is 113 Å². The smallest absolute Gasteiger partial charge is 0.303 e. The van der Waals surface area contributed by atoms with Crippen molar-refractivity contribution in [2.45, 2.75) is 36.7 Å². The van der Waals surface area contributed by atoms with Gasteiger partial charge in [0.1, 0.15) is 5.75 Å². The molecule has 1 aliphatic heterocycles. The number of aliphatic hydroxyl groups is 1. The zero-order valence-corrected chi connectivity index (χ0v) is 23.1. The van der Waals surface area contributed by atoms with Crippen LogP contribution in [0.5, 0.6) is 5.75 Å². The molecule has 0 spiro atoms. The summed E-state index contributed by atoms with van der Waals surface area (Å²) in [6, 6.07) is 22.9. The summed E-state index contributed by atoms with van der Waals surface area (Å²) < 4.78 is 40.0. The molecule has 212 valence electrons. The number of aliphatic hydroxyl groups excluding tert-OH is 1. The van der Waals surface area contributed by atoms with Crippen molar-refractivity contribution in [1.82, 2.24) is 0 Å². The fourth-order valence-electron chi connectivity index (χ4n) is 4.51. The van der Waals surface area contributed by atoms with Gasteiger partial charge in [-0.2, -0.15) is 0 Å². The monoisotopic (exact) mass is 565 g/mol. The van der Waals surface area contributed by atoms with Gasteiger partial charge in [0.15, 0.2) is 0 Å². The molecule has 1 aliphatic rings. The summed E-state index contributed by atoms with van der Waals surface area (Å²) in [5.74, 6) is -0.151. The quantitative estimate of drug-likeness (QED) is 0.289. The highest BCUT2D eigenvalue weighted by atomic mass is 32.2. The van der Waals surface area contributed by atoms with Gasteiger partial charge in [-0.25, -0.2) is 8.42 Å². The summed E-state index contributed by atoms with van der Waals surface area (Å²) in [6.07, 6.45) is 4.16. The number of hydrogen-bond donors (Lipinski definition) is 2. The first-order valence-electron chi connectivity index (χ1n) is 13.4. The second-order valence-corrected chi connectivity index (χ2v) is 11.6. The van der Waals surface area contributed by atoms with E-state index in [-0.39, 0.29) is 23.8 Å². The fraction of sp³-hybridized carbons (Fsp3) is 0.323. The first-order valence-corrected chi connectivity index (χ1v) is 14.8. The van der Waals surface area contributed by atoms with E-state index in [9.17, 15) is 18.3 Å². The molecule has 0 bridgehead atoms. The first kappa shape index (κ1) is 29.3. The molecule has 8 nitrogen and oxygen atoms in total. The lowest BCUT2D eigenvalue weighted by atomic mass is 10.1. The number of sulfonamides is 1. The standard InChI is InChI=1S/C31H35NO7S/c33-28(18-20-39-30-12-5-4-8-26(30)14-16-31(34)35)15-13-24-7-6-9-27(21-24)32(22-25-17-19-38-23-25)40(36,37)29-10-2-1-3-11-29/h1-13,15,21,25,28,33H,14,16-20,22-23H2,(H,34,35)/b15-13+. The predicted octanol–water partition coefficient (Wildman–Crippen LogP) is 4.78. The summed E-state index contributed by atoms with van der Waals surface area (Å²) in [5, 5.41) is 19.5. The maximum atomic E-state index is 13.6. The Hall–Kier alpha value is -3.66. The van der Waals surface area contributed by atoms with Crippen LogP contribution in [0.4, 0.5) is 5.69 Å². The number of nitrogens with zero attached hydrogens (tertiary/aromatic N) is 1. The van der Waals surface area contributed by atoms with Crippen LogP contribution in [0.3, 0.4) is 0 Å². The SMILES string of the molecule is O=C(O)CCc1ccccc1OCCC(O)/C=C/c1cccc(N(CC2CCOC2)S(=O)(=O)c2ccccc2)c1. The molecule has 40 heavy (non-hydrogen) atoms. The van der Waals surface area contributed by atoms with Crippen LogP contribution in [0.15, 0.2) is 89.8 Å². The summed E-state index contributed by atoms with van der Waals surface area (Å²) in [4.78, 5) is 11.1. The normalized spacial score (nSPS) is 16.2. The highest BCUT2D eigenvalue weighted by Gasteiger charge is 2.29. The molecular formula is C31H35NO7S. The second-order valence-electron chi connectivity index (χ2n) is 9.74. The van der Waals surface area contributed by atoms with Crippen LogP contribution in [-0.2, 0) is 26.0 Å². The average Bonchev–Trinajstić information content (AvgIpc) is 3.48. The number of hydrogen-bond acceptors (Lipinski definition) is 6. The van der Waals surface area contributed by atoms with Crippen molar-refractivity contribution in [1.29, 1.82) is 0 Å². The molecular weight excluding hydrogens is 530 g/mol. The maximum Gasteiger partial charge on any atom is 0.303 e. The third-order valence-corrected chi connectivity index (χ3v) is 8.51. The predicted molar refractivity (Wildman–Crippen MR) is 154 cm³/mol. The number of rotatable bonds is 14. The van der Waals surface area contributed by atoms with E-state index >= 15 is 0 Å². The number of carboxylic acids is 1. The number of carboxylic acid groups (broad SMARTS) is 1. The summed E-state index contributed by atoms with van der Waals surface area (Å²) in [7, 11) is -3.79. The number of aliphatic carboxylic acids is 1. The van der Waals surface area contributed by atoms with Gasteiger partial charge in [-0.3, -0.25) is 9.10 Å². The molecule has 2 N–H and O–H groups in total. The minimum atomic E-state index is -3.79. The molecule has 0 aliphatic carbocycles. The molecule has 9 heteroatoms. The Morgan fingerprint density at radius 3 is 2.60 bits per heavy atom. The van der Waals surface area contributed by atoms with Crippen LogP contribution in [0.2, 0.25) is 0 Å². The molecule has 1 fully saturated rings. The number of anilines is 1. The Labute approximate surface area is 235 Å². The number of ether oxygens (including phenoxy) is 2. The van der Waals surface area contributed by atoms with Crippen molar-refractivity contribution in [2.75, 3.05) is 30.7 Å². The number of carbonyl (C=O) groups is 1. The summed E-state index contributed by atoms with van der Waals surface area (Å²) in [6.45, 7) is 1.72. The van der Waals surface area contributed by atoms with Gasteiger partial charge < -0.3 is 19.7 Å². The zero-order valence-electron chi connectivity index (χ0n) is 22.3. The molecule has 0 radical (unpaired) electrons. The summed E-state index contributed by atoms with van der Waals surface area (Å²) in [5.41, 5.74) is 2.12. The van der Waals surface area contributed by atoms with Crippen molar-refractivity contribution in [3.8, 4) is 5.75 Å². The zero-order chi connectivity index (χ0) is 28.4. The molecule has 2 unspecified atom stereocenters. The lowest BCUT2D eigenvalue weighted by Gasteiger charge is -2.27. The minimum absolute atomic E-state index is 0.0172. The number of benzene rings is 3. The van der Waals surface area contributed by atoms with E-state index in [1.54, 1.807) is 66.7 Å². The van der Waals surface area contributed by atoms with Crippen molar-refractivity contribution in [2.24, 2.45) is 5.92 Å². The van der Waals surface area contributed by atoms with E-state index in [0.717, 1.165) is 17.5 Å². The van der Waals surface area contributed by atoms with Crippen LogP contribution in [-0.4, -0.2) is 57.1 Å². The Balaban J connectivity index is 1.42. The molecule has 1 saturated heterocycles. The molecule has 1 heterocycles. The maximum absolute atomic E-state index is 13.6. The first-order chi connectivity index (χ1) is 19.3. The van der Waals surface area contributed by atoms with Crippen LogP contribution < -0.4 is 9.04 Å². The van der Waals surface area contributed by atoms with E-state index in [1.807, 2.05) is 24.3 Å². The summed E-state index contributed by atoms with van der Waals surface area (Å²) >= 11 is 0. The molecule has 0 amide bonds. The van der Waals surface area contributed by atoms with Gasteiger partial charge in [-0.05, 0) is 54.3 Å². The van der Waals surface area contributed by atoms with Gasteiger partial charge in [-0.15, -0.1) is 0 Å². The van der Waals surface area contributed by atoms with E-state index in [0.29, 0.717) is 44.0 Å². The van der Waals surface area contributed by atoms with Crippen molar-refractivity contribution in [3.05, 3.63) is 96.1 Å². The highest BCUT2D eigenvalue weighted by Crippen LogP contribution is 2.28. The van der Waals surface area contributed by atoms with E-state index in [2.05, 4.69) is 0 Å². The van der Waals surface area contributed by atoms with Crippen molar-refractivity contribution < 1.29 is 32.9 Å². The molecule has 0 aromatic heterocycles. The van der Waals surface area contributed by atoms with Gasteiger partial charge in [0.05, 0.1) is 29.9 Å². The van der Waals surface area contributed by atoms with Crippen molar-refractivity contribution in [3.63, 3.8) is 0 Å². The molecule has 4 rings (SSSR count). The number of para-hydroxylation sites is 1. The fourth-order valence-corrected chi connectivity index (χ4v) is 6.06.